The van der Waals surface area contributed by atoms with Crippen molar-refractivity contribution in [3.8, 4) is 0 Å². The van der Waals surface area contributed by atoms with Crippen molar-refractivity contribution in [1.29, 1.82) is 0 Å². The summed E-state index contributed by atoms with van der Waals surface area (Å²) in [7, 11) is 8.23. The lowest BCUT2D eigenvalue weighted by atomic mass is 10.4. The third kappa shape index (κ3) is 26.0. The van der Waals surface area contributed by atoms with Crippen molar-refractivity contribution in [1.82, 2.24) is 0 Å². The van der Waals surface area contributed by atoms with Crippen LogP contribution in [0.25, 0.3) is 0 Å². The number of nitrogens with zero attached hydrogens (tertiary/aromatic N) is 1. The van der Waals surface area contributed by atoms with Gasteiger partial charge in [-0.3, -0.25) is 0 Å². The second-order valence-corrected chi connectivity index (χ2v) is 5.35. The molecule has 0 aromatic rings. The van der Waals surface area contributed by atoms with Crippen molar-refractivity contribution in [2.45, 2.75) is 19.8 Å². The van der Waals surface area contributed by atoms with Crippen LogP contribution in [0.5, 0.6) is 0 Å². The van der Waals surface area contributed by atoms with E-state index in [0.717, 1.165) is 4.48 Å². The van der Waals surface area contributed by atoms with Crippen LogP contribution < -0.4 is 5.11 Å². The highest BCUT2D eigenvalue weighted by molar-refractivity contribution is 5.64. The molecule has 0 fully saturated rings. The molecule has 0 aliphatic heterocycles. The van der Waals surface area contributed by atoms with Gasteiger partial charge in [0.25, 0.3) is 0 Å². The number of quaternary nitrogens is 1. The Morgan fingerprint density at radius 3 is 1.85 bits per heavy atom. The molecule has 0 spiro atoms. The minimum absolute atomic E-state index is 0.0714. The lowest BCUT2D eigenvalue weighted by Crippen LogP contribution is -2.34. The molecular formula is C14H31NO5. The average Bonchev–Trinajstić information content (AvgIpc) is 2.31. The number of methoxy groups -OCH3 is 1. The lowest BCUT2D eigenvalue weighted by Gasteiger charge is -2.22. The summed E-state index contributed by atoms with van der Waals surface area (Å²) in [4.78, 5) is 9.93. The Bertz CT molecular complexity index is 216. The van der Waals surface area contributed by atoms with Crippen LogP contribution in [-0.2, 0) is 19.0 Å². The van der Waals surface area contributed by atoms with Crippen LogP contribution in [0.3, 0.4) is 0 Å². The zero-order chi connectivity index (χ0) is 15.9. The van der Waals surface area contributed by atoms with E-state index in [9.17, 15) is 9.90 Å². The van der Waals surface area contributed by atoms with Gasteiger partial charge in [-0.1, -0.05) is 6.92 Å². The molecule has 0 bridgehead atoms. The molecule has 0 aliphatic rings. The van der Waals surface area contributed by atoms with E-state index in [1.54, 1.807) is 7.11 Å². The molecule has 0 rings (SSSR count). The molecule has 0 unspecified atom stereocenters. The molecule has 0 aliphatic carbocycles. The SMILES string of the molecule is CCC[N+](C)(C)C.COCCOCCOCCC(=O)[O-]. The van der Waals surface area contributed by atoms with Gasteiger partial charge in [0.1, 0.15) is 0 Å². The Morgan fingerprint density at radius 1 is 1.00 bits per heavy atom. The highest BCUT2D eigenvalue weighted by Crippen LogP contribution is 1.90. The van der Waals surface area contributed by atoms with Crippen molar-refractivity contribution < 1.29 is 28.6 Å². The molecule has 6 heteroatoms. The number of carboxylic acid groups (broad SMARTS) is 1. The van der Waals surface area contributed by atoms with Crippen molar-refractivity contribution in [3.05, 3.63) is 0 Å². The average molecular weight is 293 g/mol. The molecule has 0 saturated carbocycles. The van der Waals surface area contributed by atoms with E-state index in [1.807, 2.05) is 0 Å². The third-order valence-corrected chi connectivity index (χ3v) is 2.15. The van der Waals surface area contributed by atoms with Crippen LogP contribution in [0.2, 0.25) is 0 Å². The molecule has 0 amide bonds. The fourth-order valence-corrected chi connectivity index (χ4v) is 1.29. The predicted molar refractivity (Wildman–Crippen MR) is 76.3 cm³/mol. The van der Waals surface area contributed by atoms with Gasteiger partial charge in [-0.05, 0) is 6.42 Å². The molecule has 20 heavy (non-hydrogen) atoms. The molecule has 0 aromatic heterocycles. The van der Waals surface area contributed by atoms with Crippen molar-refractivity contribution >= 4 is 5.97 Å². The van der Waals surface area contributed by atoms with E-state index in [-0.39, 0.29) is 13.0 Å². The van der Waals surface area contributed by atoms with E-state index in [1.165, 1.54) is 13.0 Å². The standard InChI is InChI=1S/C8H16O5.C6H16N/c1-11-4-5-13-7-6-12-3-2-8(9)10;1-5-6-7(2,3)4/h2-7H2,1H3,(H,9,10);5-6H2,1-4H3/q;+1/p-1. The Labute approximate surface area is 123 Å². The van der Waals surface area contributed by atoms with Crippen LogP contribution in [0.1, 0.15) is 19.8 Å². The van der Waals surface area contributed by atoms with Crippen molar-refractivity contribution in [2.24, 2.45) is 0 Å². The summed E-state index contributed by atoms with van der Waals surface area (Å²) in [6, 6.07) is 0. The van der Waals surface area contributed by atoms with Crippen molar-refractivity contribution in [3.63, 3.8) is 0 Å². The second-order valence-electron chi connectivity index (χ2n) is 5.35. The van der Waals surface area contributed by atoms with Crippen LogP contribution in [0.4, 0.5) is 0 Å². The minimum Gasteiger partial charge on any atom is -0.550 e. The first-order valence-electron chi connectivity index (χ1n) is 6.98. The maximum Gasteiger partial charge on any atom is 0.0777 e. The number of rotatable bonds is 11. The predicted octanol–water partition coefficient (Wildman–Crippen LogP) is -0.0914. The second kappa shape index (κ2) is 14.7. The minimum atomic E-state index is -1.10. The number of carbonyl (C=O) groups excluding carboxylic acids is 1. The number of carboxylic acids is 1. The zero-order valence-electron chi connectivity index (χ0n) is 13.6. The number of aliphatic carboxylic acids is 1. The van der Waals surface area contributed by atoms with Crippen molar-refractivity contribution in [2.75, 3.05) is 67.8 Å². The fraction of sp³-hybridized carbons (Fsp3) is 0.929. The highest BCUT2D eigenvalue weighted by Gasteiger charge is 2.01. The number of ether oxygens (including phenoxy) is 3. The Hall–Kier alpha value is -0.690. The first-order chi connectivity index (χ1) is 9.33. The Balaban J connectivity index is 0. The lowest BCUT2D eigenvalue weighted by molar-refractivity contribution is -0.870. The smallest absolute Gasteiger partial charge is 0.0777 e. The van der Waals surface area contributed by atoms with Gasteiger partial charge in [-0.25, -0.2) is 0 Å². The number of carbonyl (C=O) groups is 1. The van der Waals surface area contributed by atoms with Gasteiger partial charge in [0.05, 0.1) is 60.7 Å². The van der Waals surface area contributed by atoms with Gasteiger partial charge in [-0.15, -0.1) is 0 Å². The molecule has 122 valence electrons. The monoisotopic (exact) mass is 293 g/mol. The maximum absolute atomic E-state index is 9.93. The molecule has 0 atom stereocenters. The first kappa shape index (κ1) is 21.6. The summed E-state index contributed by atoms with van der Waals surface area (Å²) in [5.74, 6) is -1.10. The summed E-state index contributed by atoms with van der Waals surface area (Å²) in [5, 5.41) is 9.93. The Kier molecular flexibility index (Phi) is 15.9. The largest absolute Gasteiger partial charge is 0.550 e. The Morgan fingerprint density at radius 2 is 1.50 bits per heavy atom. The molecular weight excluding hydrogens is 262 g/mol. The fourth-order valence-electron chi connectivity index (χ4n) is 1.29. The summed E-state index contributed by atoms with van der Waals surface area (Å²) in [6.45, 7) is 5.60. The highest BCUT2D eigenvalue weighted by atomic mass is 16.5. The van der Waals surface area contributed by atoms with E-state index >= 15 is 0 Å². The molecule has 0 radical (unpaired) electrons. The number of hydrogen-bond donors (Lipinski definition) is 0. The summed E-state index contributed by atoms with van der Waals surface area (Å²) in [6.07, 6.45) is 1.21. The van der Waals surface area contributed by atoms with E-state index in [4.69, 9.17) is 14.2 Å². The van der Waals surface area contributed by atoms with E-state index < -0.39 is 5.97 Å². The molecule has 0 aromatic carbocycles. The van der Waals surface area contributed by atoms with E-state index in [0.29, 0.717) is 26.4 Å². The van der Waals surface area contributed by atoms with Gasteiger partial charge in [0.15, 0.2) is 0 Å². The van der Waals surface area contributed by atoms with Gasteiger partial charge in [-0.2, -0.15) is 0 Å². The summed E-state index contributed by atoms with van der Waals surface area (Å²) >= 11 is 0. The van der Waals surface area contributed by atoms with Crippen LogP contribution in [-0.4, -0.2) is 78.3 Å². The molecule has 0 saturated heterocycles. The topological polar surface area (TPSA) is 67.8 Å². The van der Waals surface area contributed by atoms with Crippen LogP contribution in [0.15, 0.2) is 0 Å². The quantitative estimate of drug-likeness (QED) is 0.393. The third-order valence-electron chi connectivity index (χ3n) is 2.15. The normalized spacial score (nSPS) is 10.8. The van der Waals surface area contributed by atoms with E-state index in [2.05, 4.69) is 28.1 Å². The molecule has 6 nitrogen and oxygen atoms in total. The van der Waals surface area contributed by atoms with Crippen LogP contribution >= 0.6 is 0 Å². The van der Waals surface area contributed by atoms with Gasteiger partial charge in [0.2, 0.25) is 0 Å². The first-order valence-corrected chi connectivity index (χ1v) is 6.98. The summed E-state index contributed by atoms with van der Waals surface area (Å²) < 4.78 is 15.8. The summed E-state index contributed by atoms with van der Waals surface area (Å²) in [5.41, 5.74) is 0. The molecule has 0 heterocycles. The van der Waals surface area contributed by atoms with Gasteiger partial charge < -0.3 is 28.6 Å². The number of hydrogen-bond acceptors (Lipinski definition) is 5. The van der Waals surface area contributed by atoms with Crippen LogP contribution in [0, 0.1) is 0 Å². The zero-order valence-corrected chi connectivity index (χ0v) is 13.6. The molecule has 0 N–H and O–H groups in total. The van der Waals surface area contributed by atoms with Gasteiger partial charge >= 0.3 is 0 Å². The van der Waals surface area contributed by atoms with Gasteiger partial charge in [0, 0.05) is 19.5 Å². The maximum atomic E-state index is 9.93.